The lowest BCUT2D eigenvalue weighted by molar-refractivity contribution is -0.0328. The number of benzene rings is 2. The van der Waals surface area contributed by atoms with Gasteiger partial charge in [0.15, 0.2) is 0 Å². The van der Waals surface area contributed by atoms with Gasteiger partial charge in [0.1, 0.15) is 17.2 Å². The molecule has 1 N–H and O–H groups in total. The quantitative estimate of drug-likeness (QED) is 0.587. The first-order chi connectivity index (χ1) is 12.5. The average Bonchev–Trinajstić information content (AvgIpc) is 2.52. The zero-order valence-electron chi connectivity index (χ0n) is 14.0. The normalized spacial score (nSPS) is 11.2. The van der Waals surface area contributed by atoms with Gasteiger partial charge in [0.05, 0.1) is 0 Å². The van der Waals surface area contributed by atoms with Crippen molar-refractivity contribution in [1.82, 2.24) is 5.32 Å². The predicted molar refractivity (Wildman–Crippen MR) is 90.7 cm³/mol. The zero-order chi connectivity index (χ0) is 20.4. The summed E-state index contributed by atoms with van der Waals surface area (Å²) in [5.41, 5.74) is -4.80. The maximum Gasteiger partial charge on any atom is 0.446 e. The second kappa shape index (κ2) is 7.95. The molecule has 27 heavy (non-hydrogen) atoms. The minimum atomic E-state index is -4.45. The highest BCUT2D eigenvalue weighted by Gasteiger charge is 2.29. The minimum absolute atomic E-state index is 0.0675. The number of imide groups is 1. The van der Waals surface area contributed by atoms with Crippen molar-refractivity contribution >= 4 is 29.4 Å². The summed E-state index contributed by atoms with van der Waals surface area (Å²) in [6.45, 7) is 1.48. The van der Waals surface area contributed by atoms with E-state index in [-0.39, 0.29) is 22.3 Å². The van der Waals surface area contributed by atoms with Crippen molar-refractivity contribution < 1.29 is 31.5 Å². The van der Waals surface area contributed by atoms with E-state index in [9.17, 15) is 31.5 Å². The fourth-order valence-corrected chi connectivity index (χ4v) is 2.91. The molecule has 0 fully saturated rings. The lowest BCUT2D eigenvalue weighted by Crippen LogP contribution is -2.41. The molecule has 0 saturated carbocycles. The molecule has 4 nitrogen and oxygen atoms in total. The van der Waals surface area contributed by atoms with Gasteiger partial charge in [0, 0.05) is 17.6 Å². The number of hydrogen-bond acceptors (Lipinski definition) is 3. The van der Waals surface area contributed by atoms with Gasteiger partial charge in [-0.25, -0.2) is 13.6 Å². The predicted octanol–water partition coefficient (Wildman–Crippen LogP) is 4.87. The van der Waals surface area contributed by atoms with Crippen LogP contribution in [-0.2, 0) is 0 Å². The van der Waals surface area contributed by atoms with Crippen LogP contribution in [0, 0.1) is 18.6 Å². The van der Waals surface area contributed by atoms with Crippen LogP contribution in [-0.4, -0.2) is 24.5 Å². The standard InChI is InChI=1S/C17H13F5N2O2S/c1-9-8-10(27-17(20,21)22)6-7-13(9)24(2)16(26)23-15(25)14-11(18)4-3-5-12(14)19/h3-8H,1-2H3,(H,23,25,26). The zero-order valence-corrected chi connectivity index (χ0v) is 14.8. The third-order valence-corrected chi connectivity index (χ3v) is 4.20. The highest BCUT2D eigenvalue weighted by Crippen LogP contribution is 2.38. The summed E-state index contributed by atoms with van der Waals surface area (Å²) in [5.74, 6) is -3.54. The van der Waals surface area contributed by atoms with Gasteiger partial charge in [0.2, 0.25) is 0 Å². The van der Waals surface area contributed by atoms with Gasteiger partial charge >= 0.3 is 11.5 Å². The molecule has 144 valence electrons. The number of thioether (sulfide) groups is 1. The smallest absolute Gasteiger partial charge is 0.297 e. The van der Waals surface area contributed by atoms with E-state index < -0.39 is 34.6 Å². The van der Waals surface area contributed by atoms with Gasteiger partial charge in [-0.05, 0) is 54.6 Å². The summed E-state index contributed by atoms with van der Waals surface area (Å²) >= 11 is -0.302. The lowest BCUT2D eigenvalue weighted by atomic mass is 10.2. The van der Waals surface area contributed by atoms with Crippen molar-refractivity contribution in [2.45, 2.75) is 17.3 Å². The maximum absolute atomic E-state index is 13.6. The Morgan fingerprint density at radius 3 is 2.19 bits per heavy atom. The van der Waals surface area contributed by atoms with Gasteiger partial charge in [-0.15, -0.1) is 0 Å². The van der Waals surface area contributed by atoms with Crippen molar-refractivity contribution in [3.05, 3.63) is 59.2 Å². The van der Waals surface area contributed by atoms with Gasteiger partial charge in [-0.1, -0.05) is 6.07 Å². The maximum atomic E-state index is 13.6. The molecule has 2 aromatic carbocycles. The van der Waals surface area contributed by atoms with Gasteiger partial charge < -0.3 is 0 Å². The highest BCUT2D eigenvalue weighted by molar-refractivity contribution is 8.00. The molecule has 2 rings (SSSR count). The van der Waals surface area contributed by atoms with Crippen molar-refractivity contribution in [2.24, 2.45) is 0 Å². The van der Waals surface area contributed by atoms with E-state index in [0.717, 1.165) is 23.1 Å². The number of rotatable bonds is 3. The van der Waals surface area contributed by atoms with E-state index in [4.69, 9.17) is 0 Å². The number of amides is 3. The van der Waals surface area contributed by atoms with Gasteiger partial charge in [0.25, 0.3) is 5.91 Å². The van der Waals surface area contributed by atoms with E-state index in [1.807, 2.05) is 5.32 Å². The van der Waals surface area contributed by atoms with Gasteiger partial charge in [-0.2, -0.15) is 13.2 Å². The van der Waals surface area contributed by atoms with Crippen LogP contribution in [0.5, 0.6) is 0 Å². The molecule has 10 heteroatoms. The molecule has 0 aliphatic rings. The number of halogens is 5. The summed E-state index contributed by atoms with van der Waals surface area (Å²) in [6, 6.07) is 5.48. The van der Waals surface area contributed by atoms with Crippen LogP contribution in [0.15, 0.2) is 41.3 Å². The number of hydrogen-bond donors (Lipinski definition) is 1. The monoisotopic (exact) mass is 404 g/mol. The Morgan fingerprint density at radius 2 is 1.67 bits per heavy atom. The van der Waals surface area contributed by atoms with Crippen LogP contribution >= 0.6 is 11.8 Å². The van der Waals surface area contributed by atoms with E-state index in [1.54, 1.807) is 0 Å². The third-order valence-electron chi connectivity index (χ3n) is 3.48. The number of carbonyl (C=O) groups is 2. The van der Waals surface area contributed by atoms with Crippen LogP contribution in [0.1, 0.15) is 15.9 Å². The van der Waals surface area contributed by atoms with Crippen molar-refractivity contribution in [3.63, 3.8) is 0 Å². The van der Waals surface area contributed by atoms with Gasteiger partial charge in [-0.3, -0.25) is 15.0 Å². The number of anilines is 1. The Morgan fingerprint density at radius 1 is 1.07 bits per heavy atom. The van der Waals surface area contributed by atoms with Crippen molar-refractivity contribution in [2.75, 3.05) is 11.9 Å². The molecule has 2 aromatic rings. The van der Waals surface area contributed by atoms with Crippen LogP contribution in [0.25, 0.3) is 0 Å². The van der Waals surface area contributed by atoms with E-state index >= 15 is 0 Å². The largest absolute Gasteiger partial charge is 0.446 e. The molecule has 0 aliphatic heterocycles. The molecule has 0 atom stereocenters. The van der Waals surface area contributed by atoms with Crippen molar-refractivity contribution in [1.29, 1.82) is 0 Å². The second-order valence-corrected chi connectivity index (χ2v) is 6.55. The average molecular weight is 404 g/mol. The molecule has 0 spiro atoms. The Labute approximate surface area is 155 Å². The number of nitrogens with zero attached hydrogens (tertiary/aromatic N) is 1. The molecule has 0 saturated heterocycles. The highest BCUT2D eigenvalue weighted by atomic mass is 32.2. The summed E-state index contributed by atoms with van der Waals surface area (Å²) in [4.78, 5) is 25.0. The Balaban J connectivity index is 2.16. The number of aryl methyl sites for hydroxylation is 1. The lowest BCUT2D eigenvalue weighted by Gasteiger charge is -2.20. The van der Waals surface area contributed by atoms with E-state index in [0.29, 0.717) is 5.56 Å². The molecular weight excluding hydrogens is 391 g/mol. The Kier molecular flexibility index (Phi) is 6.09. The third kappa shape index (κ3) is 5.19. The van der Waals surface area contributed by atoms with Crippen LogP contribution in [0.4, 0.5) is 32.4 Å². The molecule has 0 bridgehead atoms. The number of carbonyl (C=O) groups excluding carboxylic acids is 2. The van der Waals surface area contributed by atoms with E-state index in [2.05, 4.69) is 0 Å². The summed E-state index contributed by atoms with van der Waals surface area (Å²) < 4.78 is 64.5. The molecule has 0 unspecified atom stereocenters. The first kappa shape index (κ1) is 20.7. The fourth-order valence-electron chi connectivity index (χ4n) is 2.27. The number of urea groups is 1. The van der Waals surface area contributed by atoms with E-state index in [1.165, 1.54) is 32.2 Å². The molecule has 0 aromatic heterocycles. The minimum Gasteiger partial charge on any atom is -0.297 e. The Bertz CT molecular complexity index is 866. The van der Waals surface area contributed by atoms with Crippen molar-refractivity contribution in [3.8, 4) is 0 Å². The SMILES string of the molecule is Cc1cc(SC(F)(F)F)ccc1N(C)C(=O)NC(=O)c1c(F)cccc1F. The number of nitrogens with one attached hydrogen (secondary N) is 1. The number of alkyl halides is 3. The molecule has 0 heterocycles. The molecule has 0 radical (unpaired) electrons. The first-order valence-corrected chi connectivity index (χ1v) is 8.20. The fraction of sp³-hybridized carbons (Fsp3) is 0.176. The topological polar surface area (TPSA) is 49.4 Å². The Hall–Kier alpha value is -2.62. The molecule has 3 amide bonds. The second-order valence-electron chi connectivity index (χ2n) is 5.41. The molecule has 0 aliphatic carbocycles. The van der Waals surface area contributed by atoms with Crippen LogP contribution < -0.4 is 10.2 Å². The van der Waals surface area contributed by atoms with Crippen LogP contribution in [0.2, 0.25) is 0 Å². The van der Waals surface area contributed by atoms with Crippen LogP contribution in [0.3, 0.4) is 0 Å². The first-order valence-electron chi connectivity index (χ1n) is 7.39. The summed E-state index contributed by atoms with van der Waals surface area (Å²) in [7, 11) is 1.26. The molecular formula is C17H13F5N2O2S. The summed E-state index contributed by atoms with van der Waals surface area (Å²) in [6.07, 6.45) is 0. The summed E-state index contributed by atoms with van der Waals surface area (Å²) in [5, 5.41) is 1.84.